The van der Waals surface area contributed by atoms with Crippen LogP contribution in [0, 0.1) is 17.2 Å². The Kier molecular flexibility index (Phi) is 5.28. The van der Waals surface area contributed by atoms with Gasteiger partial charge in [0.15, 0.2) is 11.2 Å². The lowest BCUT2D eigenvalue weighted by atomic mass is 9.70. The highest BCUT2D eigenvalue weighted by Gasteiger charge is 2.77. The number of nitrogens with zero attached hydrogens (tertiary/aromatic N) is 3. The highest BCUT2D eigenvalue weighted by molar-refractivity contribution is 5.82. The maximum Gasteiger partial charge on any atom is 0.228 e. The summed E-state index contributed by atoms with van der Waals surface area (Å²) in [6.45, 7) is 0. The molecule has 35 heavy (non-hydrogen) atoms. The molecule has 2 aromatic carbocycles. The first-order chi connectivity index (χ1) is 16.8. The molecule has 8 nitrogen and oxygen atoms in total. The van der Waals surface area contributed by atoms with Gasteiger partial charge in [-0.05, 0) is 29.3 Å². The minimum Gasteiger partial charge on any atom is -0.481 e. The molecule has 3 aromatic rings. The van der Waals surface area contributed by atoms with Gasteiger partial charge in [-0.25, -0.2) is 0 Å². The Morgan fingerprint density at radius 1 is 1.11 bits per heavy atom. The van der Waals surface area contributed by atoms with Crippen molar-refractivity contribution in [2.24, 2.45) is 5.92 Å². The first kappa shape index (κ1) is 22.8. The highest BCUT2D eigenvalue weighted by Crippen LogP contribution is 2.68. The predicted molar refractivity (Wildman–Crippen MR) is 126 cm³/mol. The molecule has 1 fully saturated rings. The summed E-state index contributed by atoms with van der Waals surface area (Å²) >= 11 is 0. The van der Waals surface area contributed by atoms with Crippen LogP contribution >= 0.6 is 0 Å². The van der Waals surface area contributed by atoms with Crippen LogP contribution in [0.3, 0.4) is 0 Å². The first-order valence-electron chi connectivity index (χ1n) is 11.2. The second-order valence-corrected chi connectivity index (χ2v) is 9.09. The van der Waals surface area contributed by atoms with Crippen molar-refractivity contribution < 1.29 is 24.5 Å². The molecule has 0 radical (unpaired) electrons. The standard InChI is InChI=1S/C27H25N3O5/c1-30(2)25(32)21-22(17-7-5-4-6-8-17)27(18-11-9-16(15-28)10-12-18)26(33,23(21)31)19-13-14-20(34-3)29-24(19)35-27/h4-14,21-23,31,33H,1-3H3. The van der Waals surface area contributed by atoms with Crippen molar-refractivity contribution >= 4 is 5.91 Å². The van der Waals surface area contributed by atoms with E-state index in [9.17, 15) is 20.3 Å². The number of ether oxygens (including phenoxy) is 2. The third kappa shape index (κ3) is 2.99. The molecule has 2 N–H and O–H groups in total. The minimum absolute atomic E-state index is 0.118. The molecule has 5 rings (SSSR count). The van der Waals surface area contributed by atoms with Crippen molar-refractivity contribution in [3.05, 3.63) is 89.0 Å². The van der Waals surface area contributed by atoms with E-state index in [1.165, 1.54) is 12.0 Å². The molecule has 5 unspecified atom stereocenters. The fourth-order valence-corrected chi connectivity index (χ4v) is 5.64. The quantitative estimate of drug-likeness (QED) is 0.600. The molecule has 5 atom stereocenters. The molecule has 0 bridgehead atoms. The average Bonchev–Trinajstić information content (AvgIpc) is 3.26. The molecule has 1 aliphatic heterocycles. The monoisotopic (exact) mass is 471 g/mol. The number of nitriles is 1. The van der Waals surface area contributed by atoms with Gasteiger partial charge in [-0.2, -0.15) is 10.2 Å². The van der Waals surface area contributed by atoms with Crippen LogP contribution in [0.15, 0.2) is 66.7 Å². The number of amides is 1. The van der Waals surface area contributed by atoms with E-state index >= 15 is 0 Å². The first-order valence-corrected chi connectivity index (χ1v) is 11.2. The Morgan fingerprint density at radius 2 is 1.80 bits per heavy atom. The Morgan fingerprint density at radius 3 is 2.40 bits per heavy atom. The maximum atomic E-state index is 13.5. The van der Waals surface area contributed by atoms with Gasteiger partial charge in [-0.1, -0.05) is 42.5 Å². The van der Waals surface area contributed by atoms with Crippen molar-refractivity contribution in [1.29, 1.82) is 5.26 Å². The van der Waals surface area contributed by atoms with Crippen molar-refractivity contribution in [2.75, 3.05) is 21.2 Å². The van der Waals surface area contributed by atoms with Crippen molar-refractivity contribution in [3.8, 4) is 17.8 Å². The van der Waals surface area contributed by atoms with E-state index in [0.717, 1.165) is 0 Å². The van der Waals surface area contributed by atoms with E-state index in [2.05, 4.69) is 11.1 Å². The zero-order chi connectivity index (χ0) is 25.0. The highest BCUT2D eigenvalue weighted by atomic mass is 16.5. The minimum atomic E-state index is -2.02. The number of fused-ring (bicyclic) bond motifs is 3. The SMILES string of the molecule is COc1ccc2c(n1)OC1(c3ccc(C#N)cc3)C(c3ccccc3)C(C(=O)N(C)C)C(O)C21O. The van der Waals surface area contributed by atoms with Gasteiger partial charge >= 0.3 is 0 Å². The fraction of sp³-hybridized carbons (Fsp3) is 0.296. The van der Waals surface area contributed by atoms with E-state index in [1.54, 1.807) is 50.5 Å². The lowest BCUT2D eigenvalue weighted by molar-refractivity contribution is -0.156. The van der Waals surface area contributed by atoms with Crippen LogP contribution in [0.1, 0.15) is 28.2 Å². The van der Waals surface area contributed by atoms with Crippen LogP contribution in [0.25, 0.3) is 0 Å². The number of hydrogen-bond donors (Lipinski definition) is 2. The topological polar surface area (TPSA) is 116 Å². The summed E-state index contributed by atoms with van der Waals surface area (Å²) in [4.78, 5) is 19.3. The number of aliphatic hydroxyl groups is 2. The smallest absolute Gasteiger partial charge is 0.228 e. The third-order valence-corrected chi connectivity index (χ3v) is 7.17. The summed E-state index contributed by atoms with van der Waals surface area (Å²) in [5.74, 6) is -1.75. The number of aromatic nitrogens is 1. The summed E-state index contributed by atoms with van der Waals surface area (Å²) in [6.07, 6.45) is -1.52. The molecule has 1 aliphatic carbocycles. The van der Waals surface area contributed by atoms with Crippen LogP contribution in [0.4, 0.5) is 0 Å². The molecule has 1 amide bonds. The van der Waals surface area contributed by atoms with E-state index in [4.69, 9.17) is 9.47 Å². The molecule has 1 saturated carbocycles. The molecular weight excluding hydrogens is 446 g/mol. The van der Waals surface area contributed by atoms with Gasteiger partial charge in [-0.15, -0.1) is 0 Å². The normalized spacial score (nSPS) is 28.4. The van der Waals surface area contributed by atoms with Gasteiger partial charge in [0.2, 0.25) is 17.7 Å². The van der Waals surface area contributed by atoms with E-state index in [0.29, 0.717) is 16.7 Å². The molecular formula is C27H25N3O5. The lowest BCUT2D eigenvalue weighted by Gasteiger charge is -2.40. The Labute approximate surface area is 203 Å². The Balaban J connectivity index is 1.85. The summed E-state index contributed by atoms with van der Waals surface area (Å²) < 4.78 is 11.8. The number of pyridine rings is 1. The lowest BCUT2D eigenvalue weighted by Crippen LogP contribution is -2.52. The van der Waals surface area contributed by atoms with Gasteiger partial charge in [0, 0.05) is 26.1 Å². The van der Waals surface area contributed by atoms with Crippen LogP contribution < -0.4 is 9.47 Å². The zero-order valence-electron chi connectivity index (χ0n) is 19.5. The largest absolute Gasteiger partial charge is 0.481 e. The van der Waals surface area contributed by atoms with Gasteiger partial charge in [0.05, 0.1) is 30.2 Å². The molecule has 0 spiro atoms. The Hall–Kier alpha value is -3.93. The number of aliphatic hydroxyl groups excluding tert-OH is 1. The number of carbonyl (C=O) groups excluding carboxylic acids is 1. The molecule has 0 saturated heterocycles. The molecule has 8 heteroatoms. The predicted octanol–water partition coefficient (Wildman–Crippen LogP) is 2.30. The summed E-state index contributed by atoms with van der Waals surface area (Å²) in [5, 5.41) is 33.6. The van der Waals surface area contributed by atoms with Gasteiger partial charge in [0.1, 0.15) is 6.10 Å². The summed E-state index contributed by atoms with van der Waals surface area (Å²) in [5.41, 5.74) is -1.71. The zero-order valence-corrected chi connectivity index (χ0v) is 19.5. The summed E-state index contributed by atoms with van der Waals surface area (Å²) in [6, 6.07) is 21.2. The van der Waals surface area contributed by atoms with Crippen LogP contribution in [0.2, 0.25) is 0 Å². The number of hydrogen-bond acceptors (Lipinski definition) is 7. The van der Waals surface area contributed by atoms with Crippen LogP contribution in [-0.2, 0) is 16.0 Å². The van der Waals surface area contributed by atoms with Gasteiger partial charge in [-0.3, -0.25) is 4.79 Å². The molecule has 1 aromatic heterocycles. The van der Waals surface area contributed by atoms with Crippen molar-refractivity contribution in [3.63, 3.8) is 0 Å². The van der Waals surface area contributed by atoms with Crippen molar-refractivity contribution in [1.82, 2.24) is 9.88 Å². The van der Waals surface area contributed by atoms with Gasteiger partial charge < -0.3 is 24.6 Å². The van der Waals surface area contributed by atoms with E-state index in [-0.39, 0.29) is 23.2 Å². The number of methoxy groups -OCH3 is 1. The van der Waals surface area contributed by atoms with E-state index in [1.807, 2.05) is 30.3 Å². The van der Waals surface area contributed by atoms with E-state index < -0.39 is 29.1 Å². The maximum absolute atomic E-state index is 13.5. The average molecular weight is 472 g/mol. The molecule has 178 valence electrons. The Bertz CT molecular complexity index is 1320. The van der Waals surface area contributed by atoms with Crippen LogP contribution in [-0.4, -0.2) is 53.3 Å². The number of carbonyl (C=O) groups is 1. The second kappa shape index (κ2) is 8.08. The molecule has 2 aliphatic rings. The summed E-state index contributed by atoms with van der Waals surface area (Å²) in [7, 11) is 4.71. The number of rotatable bonds is 4. The van der Waals surface area contributed by atoms with Crippen LogP contribution in [0.5, 0.6) is 11.8 Å². The fourth-order valence-electron chi connectivity index (χ4n) is 5.64. The second-order valence-electron chi connectivity index (χ2n) is 9.09. The van der Waals surface area contributed by atoms with Crippen molar-refractivity contribution in [2.45, 2.75) is 23.2 Å². The van der Waals surface area contributed by atoms with Gasteiger partial charge in [0.25, 0.3) is 0 Å². The molecule has 2 heterocycles. The third-order valence-electron chi connectivity index (χ3n) is 7.17. The number of benzene rings is 2.